The van der Waals surface area contributed by atoms with Crippen LogP contribution in [0.1, 0.15) is 39.0 Å². The Labute approximate surface area is 114 Å². The summed E-state index contributed by atoms with van der Waals surface area (Å²) in [5.41, 5.74) is 5.01. The maximum Gasteiger partial charge on any atom is 0.235 e. The van der Waals surface area contributed by atoms with E-state index < -0.39 is 5.41 Å². The number of nitrogens with two attached hydrogens (primary N) is 1. The zero-order chi connectivity index (χ0) is 13.4. The third-order valence-corrected chi connectivity index (χ3v) is 4.92. The minimum absolute atomic E-state index is 0.115. The molecule has 1 saturated heterocycles. The fourth-order valence-electron chi connectivity index (χ4n) is 2.94. The maximum absolute atomic E-state index is 12.7. The number of ether oxygens (including phenoxy) is 1. The number of carbonyl (C=O) groups excluding carboxylic acids is 1. The quantitative estimate of drug-likeness (QED) is 0.789. The van der Waals surface area contributed by atoms with Crippen LogP contribution in [0, 0.1) is 5.41 Å². The highest BCUT2D eigenvalue weighted by Gasteiger charge is 2.50. The van der Waals surface area contributed by atoms with Gasteiger partial charge >= 0.3 is 0 Å². The van der Waals surface area contributed by atoms with Gasteiger partial charge in [0.2, 0.25) is 5.91 Å². The van der Waals surface area contributed by atoms with Gasteiger partial charge < -0.3 is 15.4 Å². The van der Waals surface area contributed by atoms with E-state index >= 15 is 0 Å². The van der Waals surface area contributed by atoms with Gasteiger partial charge in [-0.25, -0.2) is 0 Å². The van der Waals surface area contributed by atoms with E-state index in [1.165, 1.54) is 0 Å². The lowest BCUT2D eigenvalue weighted by molar-refractivity contribution is -0.149. The monoisotopic (exact) mass is 270 g/mol. The molecule has 2 N–H and O–H groups in total. The first-order valence-corrected chi connectivity index (χ1v) is 6.99. The molecule has 2 rings (SSSR count). The molecule has 18 heavy (non-hydrogen) atoms. The first kappa shape index (κ1) is 13.7. The fraction of sp³-hybridized carbons (Fsp3) is 0.846. The van der Waals surface area contributed by atoms with Crippen molar-refractivity contribution < 1.29 is 9.53 Å². The second kappa shape index (κ2) is 4.78. The minimum Gasteiger partial charge on any atom is -0.392 e. The Morgan fingerprint density at radius 1 is 1.33 bits per heavy atom. The first-order valence-electron chi connectivity index (χ1n) is 6.58. The molecule has 0 aromatic heterocycles. The van der Waals surface area contributed by atoms with Crippen molar-refractivity contribution in [3.8, 4) is 0 Å². The molecule has 1 heterocycles. The van der Waals surface area contributed by atoms with Gasteiger partial charge in [0.1, 0.15) is 0 Å². The van der Waals surface area contributed by atoms with Crippen LogP contribution in [0.3, 0.4) is 0 Å². The second-order valence-corrected chi connectivity index (χ2v) is 6.22. The lowest BCUT2D eigenvalue weighted by atomic mass is 9.67. The molecule has 0 aromatic carbocycles. The minimum atomic E-state index is -0.554. The van der Waals surface area contributed by atoms with Crippen LogP contribution in [0.15, 0.2) is 0 Å². The third kappa shape index (κ3) is 2.14. The van der Waals surface area contributed by atoms with E-state index in [1.54, 1.807) is 7.11 Å². The molecule has 1 aliphatic carbocycles. The van der Waals surface area contributed by atoms with Gasteiger partial charge in [-0.05, 0) is 32.6 Å². The molecule has 0 radical (unpaired) electrons. The Morgan fingerprint density at radius 2 is 2.00 bits per heavy atom. The van der Waals surface area contributed by atoms with Crippen LogP contribution in [-0.2, 0) is 9.53 Å². The Hall–Kier alpha value is -0.680. The molecule has 1 unspecified atom stereocenters. The Kier molecular flexibility index (Phi) is 3.65. The molecule has 1 saturated carbocycles. The zero-order valence-electron chi connectivity index (χ0n) is 11.2. The molecule has 0 spiro atoms. The molecule has 1 amide bonds. The van der Waals surface area contributed by atoms with Crippen molar-refractivity contribution in [1.29, 1.82) is 0 Å². The van der Waals surface area contributed by atoms with Gasteiger partial charge in [0.15, 0.2) is 0 Å². The summed E-state index contributed by atoms with van der Waals surface area (Å²) < 4.78 is 5.53. The largest absolute Gasteiger partial charge is 0.392 e. The van der Waals surface area contributed by atoms with Crippen LogP contribution in [0.25, 0.3) is 0 Å². The SMILES string of the molecule is COC1(C)CCCN(C(=O)C2(C(N)=S)CCC2)C1. The van der Waals surface area contributed by atoms with Crippen LogP contribution in [0.2, 0.25) is 0 Å². The number of nitrogens with zero attached hydrogens (tertiary/aromatic N) is 1. The summed E-state index contributed by atoms with van der Waals surface area (Å²) >= 11 is 5.11. The molecule has 5 heteroatoms. The normalized spacial score (nSPS) is 30.7. The fourth-order valence-corrected chi connectivity index (χ4v) is 3.24. The van der Waals surface area contributed by atoms with Crippen LogP contribution < -0.4 is 5.73 Å². The smallest absolute Gasteiger partial charge is 0.235 e. The predicted molar refractivity (Wildman–Crippen MR) is 74.3 cm³/mol. The number of hydrogen-bond acceptors (Lipinski definition) is 3. The molecule has 0 bridgehead atoms. The number of carbonyl (C=O) groups is 1. The summed E-state index contributed by atoms with van der Waals surface area (Å²) in [5.74, 6) is 0.115. The highest BCUT2D eigenvalue weighted by molar-refractivity contribution is 7.80. The summed E-state index contributed by atoms with van der Waals surface area (Å²) in [6.45, 7) is 3.50. The van der Waals surface area contributed by atoms with Gasteiger partial charge in [0.05, 0.1) is 16.0 Å². The van der Waals surface area contributed by atoms with Crippen LogP contribution >= 0.6 is 12.2 Å². The topological polar surface area (TPSA) is 55.6 Å². The van der Waals surface area contributed by atoms with Gasteiger partial charge in [-0.2, -0.15) is 0 Å². The average molecular weight is 270 g/mol. The number of hydrogen-bond donors (Lipinski definition) is 1. The van der Waals surface area contributed by atoms with E-state index in [1.807, 2.05) is 4.90 Å². The zero-order valence-corrected chi connectivity index (χ0v) is 12.0. The number of thiocarbonyl (C=S) groups is 1. The Morgan fingerprint density at radius 3 is 2.44 bits per heavy atom. The van der Waals surface area contributed by atoms with Crippen molar-refractivity contribution in [2.75, 3.05) is 20.2 Å². The van der Waals surface area contributed by atoms with Crippen LogP contribution in [0.5, 0.6) is 0 Å². The van der Waals surface area contributed by atoms with E-state index in [4.69, 9.17) is 22.7 Å². The van der Waals surface area contributed by atoms with Gasteiger partial charge in [-0.3, -0.25) is 4.79 Å². The summed E-state index contributed by atoms with van der Waals surface area (Å²) in [4.78, 5) is 14.9. The van der Waals surface area contributed by atoms with Gasteiger partial charge in [-0.15, -0.1) is 0 Å². The van der Waals surface area contributed by atoms with E-state index in [2.05, 4.69) is 6.92 Å². The molecule has 2 fully saturated rings. The standard InChI is InChI=1S/C13H22N2O2S/c1-12(17-2)5-4-8-15(9-12)11(16)13(10(14)18)6-3-7-13/h3-9H2,1-2H3,(H2,14,18). The molecular formula is C13H22N2O2S. The van der Waals surface area contributed by atoms with Crippen LogP contribution in [0.4, 0.5) is 0 Å². The molecule has 4 nitrogen and oxygen atoms in total. The summed E-state index contributed by atoms with van der Waals surface area (Å²) in [6, 6.07) is 0. The van der Waals surface area contributed by atoms with E-state index in [0.717, 1.165) is 38.6 Å². The first-order chi connectivity index (χ1) is 8.43. The van der Waals surface area contributed by atoms with E-state index in [9.17, 15) is 4.79 Å². The number of methoxy groups -OCH3 is 1. The molecule has 0 aromatic rings. The highest BCUT2D eigenvalue weighted by Crippen LogP contribution is 2.43. The van der Waals surface area contributed by atoms with Crippen molar-refractivity contribution in [2.24, 2.45) is 11.1 Å². The van der Waals surface area contributed by atoms with Crippen molar-refractivity contribution in [1.82, 2.24) is 4.90 Å². The number of likely N-dealkylation sites (tertiary alicyclic amines) is 1. The Bertz CT molecular complexity index is 368. The molecule has 1 atom stereocenters. The molecule has 1 aliphatic heterocycles. The third-order valence-electron chi connectivity index (χ3n) is 4.53. The summed E-state index contributed by atoms with van der Waals surface area (Å²) in [6.07, 6.45) is 4.62. The molecule has 102 valence electrons. The summed E-state index contributed by atoms with van der Waals surface area (Å²) in [7, 11) is 1.71. The van der Waals surface area contributed by atoms with Gasteiger partial charge in [0, 0.05) is 20.2 Å². The molecular weight excluding hydrogens is 248 g/mol. The van der Waals surface area contributed by atoms with Crippen molar-refractivity contribution in [3.05, 3.63) is 0 Å². The van der Waals surface area contributed by atoms with Crippen molar-refractivity contribution in [2.45, 2.75) is 44.6 Å². The van der Waals surface area contributed by atoms with Gasteiger partial charge in [0.25, 0.3) is 0 Å². The highest BCUT2D eigenvalue weighted by atomic mass is 32.1. The number of amides is 1. The maximum atomic E-state index is 12.7. The lowest BCUT2D eigenvalue weighted by Crippen LogP contribution is -2.59. The Balaban J connectivity index is 2.11. The number of piperidine rings is 1. The predicted octanol–water partition coefficient (Wildman–Crippen LogP) is 1.47. The van der Waals surface area contributed by atoms with E-state index in [0.29, 0.717) is 11.5 Å². The van der Waals surface area contributed by atoms with Crippen LogP contribution in [-0.4, -0.2) is 41.6 Å². The van der Waals surface area contributed by atoms with Crippen molar-refractivity contribution >= 4 is 23.1 Å². The second-order valence-electron chi connectivity index (χ2n) is 5.78. The average Bonchev–Trinajstić information content (AvgIpc) is 2.27. The number of rotatable bonds is 3. The molecule has 2 aliphatic rings. The lowest BCUT2D eigenvalue weighted by Gasteiger charge is -2.46. The summed E-state index contributed by atoms with van der Waals surface area (Å²) in [5, 5.41) is 0. The van der Waals surface area contributed by atoms with E-state index in [-0.39, 0.29) is 11.5 Å². The van der Waals surface area contributed by atoms with Gasteiger partial charge in [-0.1, -0.05) is 18.6 Å². The van der Waals surface area contributed by atoms with Crippen molar-refractivity contribution in [3.63, 3.8) is 0 Å².